The van der Waals surface area contributed by atoms with Crippen molar-refractivity contribution in [1.29, 1.82) is 0 Å². The normalized spacial score (nSPS) is 11.6. The summed E-state index contributed by atoms with van der Waals surface area (Å²) in [5.41, 5.74) is 5.02. The summed E-state index contributed by atoms with van der Waals surface area (Å²) in [7, 11) is 0. The number of halogens is 1. The first kappa shape index (κ1) is 21.5. The largest absolute Gasteiger partial charge is 0.335 e. The van der Waals surface area contributed by atoms with Gasteiger partial charge in [0.1, 0.15) is 11.5 Å². The highest BCUT2D eigenvalue weighted by atomic mass is 32.1. The first-order chi connectivity index (χ1) is 17.1. The molecular weight excluding hydrogens is 463 g/mol. The summed E-state index contributed by atoms with van der Waals surface area (Å²) in [5.74, 6) is 0.0243. The highest BCUT2D eigenvalue weighted by Crippen LogP contribution is 2.35. The number of nitrogens with one attached hydrogen (secondary N) is 3. The van der Waals surface area contributed by atoms with E-state index in [1.807, 2.05) is 19.1 Å². The molecule has 0 spiro atoms. The zero-order chi connectivity index (χ0) is 23.9. The fraction of sp³-hybridized carbons (Fsp3) is 0.160. The van der Waals surface area contributed by atoms with Gasteiger partial charge in [-0.3, -0.25) is 10.1 Å². The average Bonchev–Trinajstić information content (AvgIpc) is 3.60. The number of fused-ring (bicyclic) bond motifs is 2. The fourth-order valence-corrected chi connectivity index (χ4v) is 5.04. The first-order valence-electron chi connectivity index (χ1n) is 11.2. The predicted molar refractivity (Wildman–Crippen MR) is 135 cm³/mol. The number of hydrogen-bond donors (Lipinski definition) is 3. The van der Waals surface area contributed by atoms with Crippen molar-refractivity contribution in [2.45, 2.75) is 20.4 Å². The topological polar surface area (TPSA) is 108 Å². The number of thiophene rings is 1. The second-order valence-electron chi connectivity index (χ2n) is 8.20. The predicted octanol–water partition coefficient (Wildman–Crippen LogP) is 5.24. The van der Waals surface area contributed by atoms with Crippen LogP contribution in [0.4, 0.5) is 4.39 Å². The Morgan fingerprint density at radius 3 is 2.80 bits per heavy atom. The van der Waals surface area contributed by atoms with E-state index in [0.29, 0.717) is 34.8 Å². The van der Waals surface area contributed by atoms with Crippen molar-refractivity contribution in [1.82, 2.24) is 40.4 Å². The maximum Gasteiger partial charge on any atom is 0.184 e. The standard InChI is InChI=1S/C25H21FN8S/c1-3-27-9-14-8-15(11-28-10-14)17-12-30-23-19(20(17)26)22(33-34-23)25-31-21-16(6-7-29-24(21)32-25)18-5-4-13(2)35-18/h4-8,10-12,27H,3,9H2,1-2H3,(H,29,31,32)(H,30,33,34). The Labute approximate surface area is 203 Å². The monoisotopic (exact) mass is 484 g/mol. The van der Waals surface area contributed by atoms with E-state index in [2.05, 4.69) is 59.5 Å². The molecule has 0 saturated carbocycles. The molecule has 10 heteroatoms. The molecule has 0 saturated heterocycles. The van der Waals surface area contributed by atoms with Crippen LogP contribution in [0.3, 0.4) is 0 Å². The Balaban J connectivity index is 1.48. The number of aromatic nitrogens is 7. The van der Waals surface area contributed by atoms with Gasteiger partial charge in [-0.15, -0.1) is 11.3 Å². The third kappa shape index (κ3) is 3.76. The molecule has 3 N–H and O–H groups in total. The van der Waals surface area contributed by atoms with Gasteiger partial charge in [0.2, 0.25) is 0 Å². The highest BCUT2D eigenvalue weighted by Gasteiger charge is 2.21. The summed E-state index contributed by atoms with van der Waals surface area (Å²) < 4.78 is 15.9. The molecule has 174 valence electrons. The molecule has 0 atom stereocenters. The number of imidazole rings is 1. The second-order valence-corrected chi connectivity index (χ2v) is 9.49. The van der Waals surface area contributed by atoms with Gasteiger partial charge >= 0.3 is 0 Å². The van der Waals surface area contributed by atoms with Crippen LogP contribution in [0.1, 0.15) is 17.4 Å². The van der Waals surface area contributed by atoms with Crippen LogP contribution in [0.5, 0.6) is 0 Å². The number of H-pyrrole nitrogens is 2. The van der Waals surface area contributed by atoms with Crippen LogP contribution in [-0.2, 0) is 6.54 Å². The van der Waals surface area contributed by atoms with Gasteiger partial charge < -0.3 is 10.3 Å². The van der Waals surface area contributed by atoms with E-state index in [4.69, 9.17) is 0 Å². The molecule has 0 aliphatic carbocycles. The molecule has 6 rings (SSSR count). The van der Waals surface area contributed by atoms with Crippen LogP contribution >= 0.6 is 11.3 Å². The number of rotatable bonds is 6. The van der Waals surface area contributed by atoms with Crippen molar-refractivity contribution in [3.05, 3.63) is 65.3 Å². The van der Waals surface area contributed by atoms with Crippen molar-refractivity contribution in [2.75, 3.05) is 6.54 Å². The van der Waals surface area contributed by atoms with Gasteiger partial charge in [0.05, 0.1) is 10.9 Å². The Bertz CT molecular complexity index is 1680. The SMILES string of the molecule is CCNCc1cncc(-c2cnc3n[nH]c(-c4nc5nccc(-c6ccc(C)s6)c5[nH]4)c3c2F)c1. The lowest BCUT2D eigenvalue weighted by molar-refractivity contribution is 0.642. The lowest BCUT2D eigenvalue weighted by Crippen LogP contribution is -2.11. The van der Waals surface area contributed by atoms with Crippen molar-refractivity contribution >= 4 is 33.5 Å². The molecule has 0 aromatic carbocycles. The summed E-state index contributed by atoms with van der Waals surface area (Å²) in [6.45, 7) is 5.60. The number of pyridine rings is 3. The van der Waals surface area contributed by atoms with E-state index in [1.54, 1.807) is 29.9 Å². The molecular formula is C25H21FN8S. The average molecular weight is 485 g/mol. The van der Waals surface area contributed by atoms with Crippen LogP contribution < -0.4 is 5.32 Å². The van der Waals surface area contributed by atoms with Gasteiger partial charge in [0.25, 0.3) is 0 Å². The Hall–Kier alpha value is -4.02. The lowest BCUT2D eigenvalue weighted by atomic mass is 10.1. The van der Waals surface area contributed by atoms with E-state index in [0.717, 1.165) is 28.1 Å². The van der Waals surface area contributed by atoms with E-state index >= 15 is 4.39 Å². The minimum atomic E-state index is -0.427. The molecule has 8 nitrogen and oxygen atoms in total. The summed E-state index contributed by atoms with van der Waals surface area (Å²) >= 11 is 1.70. The molecule has 0 fully saturated rings. The van der Waals surface area contributed by atoms with Gasteiger partial charge in [-0.05, 0) is 43.3 Å². The smallest absolute Gasteiger partial charge is 0.184 e. The summed E-state index contributed by atoms with van der Waals surface area (Å²) in [6.07, 6.45) is 6.64. The van der Waals surface area contributed by atoms with Crippen molar-refractivity contribution in [2.24, 2.45) is 0 Å². The van der Waals surface area contributed by atoms with Gasteiger partial charge in [-0.25, -0.2) is 19.3 Å². The molecule has 6 heterocycles. The lowest BCUT2D eigenvalue weighted by Gasteiger charge is -2.07. The van der Waals surface area contributed by atoms with E-state index in [-0.39, 0.29) is 11.0 Å². The van der Waals surface area contributed by atoms with E-state index in [1.165, 1.54) is 11.1 Å². The summed E-state index contributed by atoms with van der Waals surface area (Å²) in [5, 5.41) is 10.7. The second kappa shape index (κ2) is 8.64. The Morgan fingerprint density at radius 2 is 1.97 bits per heavy atom. The third-order valence-corrected chi connectivity index (χ3v) is 6.87. The molecule has 6 aromatic heterocycles. The molecule has 0 bridgehead atoms. The van der Waals surface area contributed by atoms with Crippen LogP contribution in [0.2, 0.25) is 0 Å². The van der Waals surface area contributed by atoms with Gasteiger partial charge in [0.15, 0.2) is 17.1 Å². The van der Waals surface area contributed by atoms with Gasteiger partial charge in [-0.1, -0.05) is 6.92 Å². The molecule has 0 aliphatic heterocycles. The van der Waals surface area contributed by atoms with Crippen molar-refractivity contribution in [3.8, 4) is 33.1 Å². The van der Waals surface area contributed by atoms with Gasteiger partial charge in [-0.2, -0.15) is 5.10 Å². The van der Waals surface area contributed by atoms with Gasteiger partial charge in [0, 0.05) is 57.8 Å². The van der Waals surface area contributed by atoms with Crippen molar-refractivity contribution < 1.29 is 4.39 Å². The highest BCUT2D eigenvalue weighted by molar-refractivity contribution is 7.15. The minimum absolute atomic E-state index is 0.271. The van der Waals surface area contributed by atoms with Crippen LogP contribution in [0, 0.1) is 12.7 Å². The molecule has 6 aromatic rings. The molecule has 0 amide bonds. The summed E-state index contributed by atoms with van der Waals surface area (Å²) in [6, 6.07) is 8.03. The van der Waals surface area contributed by atoms with Crippen LogP contribution in [0.15, 0.2) is 49.1 Å². The summed E-state index contributed by atoms with van der Waals surface area (Å²) in [4.78, 5) is 23.4. The van der Waals surface area contributed by atoms with Crippen LogP contribution in [-0.4, -0.2) is 41.7 Å². The molecule has 0 radical (unpaired) electrons. The molecule has 0 unspecified atom stereocenters. The van der Waals surface area contributed by atoms with E-state index in [9.17, 15) is 0 Å². The maximum absolute atomic E-state index is 15.9. The maximum atomic E-state index is 15.9. The van der Waals surface area contributed by atoms with Crippen LogP contribution in [0.25, 0.3) is 55.3 Å². The molecule has 0 aliphatic rings. The van der Waals surface area contributed by atoms with Crippen molar-refractivity contribution in [3.63, 3.8) is 0 Å². The zero-order valence-electron chi connectivity index (χ0n) is 19.1. The Morgan fingerprint density at radius 1 is 1.06 bits per heavy atom. The quantitative estimate of drug-likeness (QED) is 0.298. The zero-order valence-corrected chi connectivity index (χ0v) is 19.9. The number of aromatic amines is 2. The minimum Gasteiger partial charge on any atom is -0.335 e. The number of nitrogens with zero attached hydrogens (tertiary/aromatic N) is 5. The fourth-order valence-electron chi connectivity index (χ4n) is 4.14. The first-order valence-corrected chi connectivity index (χ1v) is 12.0. The number of aryl methyl sites for hydroxylation is 1. The third-order valence-electron chi connectivity index (χ3n) is 5.84. The number of hydrogen-bond acceptors (Lipinski definition) is 7. The molecule has 35 heavy (non-hydrogen) atoms. The van der Waals surface area contributed by atoms with E-state index < -0.39 is 5.82 Å². The Kier molecular flexibility index (Phi) is 5.31.